The van der Waals surface area contributed by atoms with Crippen LogP contribution >= 0.6 is 0 Å². The third kappa shape index (κ3) is 3.14. The third-order valence-corrected chi connectivity index (χ3v) is 6.03. The largest absolute Gasteiger partial charge is 0.390 e. The zero-order chi connectivity index (χ0) is 14.8. The second-order valence-electron chi connectivity index (χ2n) is 7.17. The molecule has 1 spiro atoms. The van der Waals surface area contributed by atoms with Crippen LogP contribution in [0.4, 0.5) is 0 Å². The first kappa shape index (κ1) is 15.7. The van der Waals surface area contributed by atoms with Crippen molar-refractivity contribution in [1.29, 1.82) is 0 Å². The predicted molar refractivity (Wildman–Crippen MR) is 80.3 cm³/mol. The minimum atomic E-state index is -0.407. The number of methoxy groups -OCH3 is 1. The molecule has 3 aliphatic rings. The minimum absolute atomic E-state index is 0.0439. The summed E-state index contributed by atoms with van der Waals surface area (Å²) in [6.45, 7) is 2.18. The number of hydrogen-bond acceptors (Lipinski definition) is 4. The van der Waals surface area contributed by atoms with Crippen molar-refractivity contribution in [1.82, 2.24) is 0 Å². The number of aliphatic hydroxyl groups is 1. The Morgan fingerprint density at radius 2 is 1.76 bits per heavy atom. The fourth-order valence-corrected chi connectivity index (χ4v) is 4.65. The predicted octanol–water partition coefficient (Wildman–Crippen LogP) is 2.67. The van der Waals surface area contributed by atoms with E-state index in [0.29, 0.717) is 19.1 Å². The minimum Gasteiger partial charge on any atom is -0.390 e. The first-order chi connectivity index (χ1) is 10.2. The molecule has 21 heavy (non-hydrogen) atoms. The number of ether oxygens (including phenoxy) is 3. The van der Waals surface area contributed by atoms with Gasteiger partial charge in [-0.25, -0.2) is 0 Å². The molecule has 2 aliphatic heterocycles. The highest BCUT2D eigenvalue weighted by Crippen LogP contribution is 2.44. The maximum atomic E-state index is 11.0. The van der Waals surface area contributed by atoms with Crippen LogP contribution in [-0.2, 0) is 14.2 Å². The van der Waals surface area contributed by atoms with Gasteiger partial charge < -0.3 is 19.3 Å². The Bertz CT molecular complexity index is 326. The van der Waals surface area contributed by atoms with Gasteiger partial charge in [0.25, 0.3) is 0 Å². The zero-order valence-electron chi connectivity index (χ0n) is 13.3. The summed E-state index contributed by atoms with van der Waals surface area (Å²) in [5.74, 6) is 0.301. The molecule has 2 heterocycles. The van der Waals surface area contributed by atoms with Crippen molar-refractivity contribution >= 4 is 0 Å². The van der Waals surface area contributed by atoms with Crippen LogP contribution in [0.2, 0.25) is 0 Å². The highest BCUT2D eigenvalue weighted by atomic mass is 16.5. The first-order valence-corrected chi connectivity index (χ1v) is 8.65. The highest BCUT2D eigenvalue weighted by molar-refractivity contribution is 4.98. The van der Waals surface area contributed by atoms with E-state index < -0.39 is 11.7 Å². The van der Waals surface area contributed by atoms with E-state index in [1.807, 2.05) is 0 Å². The summed E-state index contributed by atoms with van der Waals surface area (Å²) in [6, 6.07) is 0. The fraction of sp³-hybridized carbons (Fsp3) is 1.00. The zero-order valence-corrected chi connectivity index (χ0v) is 13.3. The maximum Gasteiger partial charge on any atom is 0.0982 e. The SMILES string of the molecule is COC1(C(O)C2CCOC3(CCCCC3)C2)CCOCC1. The molecule has 1 N–H and O–H groups in total. The Balaban J connectivity index is 1.69. The second kappa shape index (κ2) is 6.53. The van der Waals surface area contributed by atoms with Crippen LogP contribution in [0.1, 0.15) is 57.8 Å². The van der Waals surface area contributed by atoms with Crippen LogP contribution < -0.4 is 0 Å². The molecule has 3 fully saturated rings. The number of hydrogen-bond donors (Lipinski definition) is 1. The molecule has 0 aromatic rings. The summed E-state index contributed by atoms with van der Waals surface area (Å²) in [4.78, 5) is 0. The molecule has 1 saturated carbocycles. The van der Waals surface area contributed by atoms with Gasteiger partial charge in [0.05, 0.1) is 17.3 Å². The van der Waals surface area contributed by atoms with E-state index in [1.54, 1.807) is 7.11 Å². The average Bonchev–Trinajstić information content (AvgIpc) is 2.55. The highest BCUT2D eigenvalue weighted by Gasteiger charge is 2.48. The van der Waals surface area contributed by atoms with E-state index in [1.165, 1.54) is 32.1 Å². The van der Waals surface area contributed by atoms with Crippen molar-refractivity contribution in [3.8, 4) is 0 Å². The standard InChI is InChI=1S/C17H30O4/c1-19-17(8-11-20-12-9-17)15(18)14-5-10-21-16(13-14)6-3-2-4-7-16/h14-15,18H,2-13H2,1H3. The average molecular weight is 298 g/mol. The van der Waals surface area contributed by atoms with Crippen molar-refractivity contribution < 1.29 is 19.3 Å². The second-order valence-corrected chi connectivity index (χ2v) is 7.17. The summed E-state index contributed by atoms with van der Waals surface area (Å²) >= 11 is 0. The summed E-state index contributed by atoms with van der Waals surface area (Å²) < 4.78 is 17.4. The molecule has 3 rings (SSSR count). The lowest BCUT2D eigenvalue weighted by Crippen LogP contribution is -2.55. The Morgan fingerprint density at radius 3 is 2.43 bits per heavy atom. The molecule has 4 nitrogen and oxygen atoms in total. The number of rotatable bonds is 3. The van der Waals surface area contributed by atoms with Crippen LogP contribution in [-0.4, -0.2) is 49.3 Å². The van der Waals surface area contributed by atoms with Gasteiger partial charge >= 0.3 is 0 Å². The quantitative estimate of drug-likeness (QED) is 0.870. The van der Waals surface area contributed by atoms with E-state index in [4.69, 9.17) is 14.2 Å². The third-order valence-electron chi connectivity index (χ3n) is 6.03. The van der Waals surface area contributed by atoms with Crippen molar-refractivity contribution in [3.63, 3.8) is 0 Å². The lowest BCUT2D eigenvalue weighted by Gasteiger charge is -2.49. The lowest BCUT2D eigenvalue weighted by atomic mass is 9.70. The van der Waals surface area contributed by atoms with Gasteiger partial charge in [0, 0.05) is 39.8 Å². The van der Waals surface area contributed by atoms with Gasteiger partial charge in [-0.05, 0) is 31.6 Å². The van der Waals surface area contributed by atoms with Crippen LogP contribution in [0.15, 0.2) is 0 Å². The Hall–Kier alpha value is -0.160. The summed E-state index contributed by atoms with van der Waals surface area (Å²) in [5.41, 5.74) is -0.363. The Kier molecular flexibility index (Phi) is 4.89. The summed E-state index contributed by atoms with van der Waals surface area (Å²) in [7, 11) is 1.74. The van der Waals surface area contributed by atoms with Gasteiger partial charge in [-0.1, -0.05) is 19.3 Å². The maximum absolute atomic E-state index is 11.0. The molecule has 2 saturated heterocycles. The normalized spacial score (nSPS) is 33.7. The molecule has 0 aromatic carbocycles. The molecule has 0 aromatic heterocycles. The molecular formula is C17H30O4. The monoisotopic (exact) mass is 298 g/mol. The van der Waals surface area contributed by atoms with Gasteiger partial charge in [-0.2, -0.15) is 0 Å². The molecule has 1 aliphatic carbocycles. The smallest absolute Gasteiger partial charge is 0.0982 e. The van der Waals surface area contributed by atoms with Gasteiger partial charge in [0.15, 0.2) is 0 Å². The summed E-state index contributed by atoms with van der Waals surface area (Å²) in [5, 5.41) is 11.0. The van der Waals surface area contributed by atoms with E-state index >= 15 is 0 Å². The van der Waals surface area contributed by atoms with E-state index in [-0.39, 0.29) is 5.60 Å². The first-order valence-electron chi connectivity index (χ1n) is 8.65. The molecule has 2 atom stereocenters. The van der Waals surface area contributed by atoms with Gasteiger partial charge in [-0.15, -0.1) is 0 Å². The molecule has 0 radical (unpaired) electrons. The Labute approximate surface area is 128 Å². The van der Waals surface area contributed by atoms with Crippen molar-refractivity contribution in [2.45, 2.75) is 75.1 Å². The van der Waals surface area contributed by atoms with Crippen LogP contribution in [0.25, 0.3) is 0 Å². The molecule has 2 unspecified atom stereocenters. The van der Waals surface area contributed by atoms with E-state index in [9.17, 15) is 5.11 Å². The van der Waals surface area contributed by atoms with Crippen molar-refractivity contribution in [2.75, 3.05) is 26.9 Å². The summed E-state index contributed by atoms with van der Waals surface area (Å²) in [6.07, 6.45) is 9.36. The van der Waals surface area contributed by atoms with Gasteiger partial charge in [-0.3, -0.25) is 0 Å². The van der Waals surface area contributed by atoms with Crippen molar-refractivity contribution in [3.05, 3.63) is 0 Å². The van der Waals surface area contributed by atoms with Crippen LogP contribution in [0.5, 0.6) is 0 Å². The molecule has 0 bridgehead atoms. The van der Waals surface area contributed by atoms with Crippen molar-refractivity contribution in [2.24, 2.45) is 5.92 Å². The van der Waals surface area contributed by atoms with E-state index in [0.717, 1.165) is 32.3 Å². The van der Waals surface area contributed by atoms with Gasteiger partial charge in [0.1, 0.15) is 0 Å². The lowest BCUT2D eigenvalue weighted by molar-refractivity contribution is -0.196. The molecule has 4 heteroatoms. The molecular weight excluding hydrogens is 268 g/mol. The molecule has 122 valence electrons. The van der Waals surface area contributed by atoms with Gasteiger partial charge in [0.2, 0.25) is 0 Å². The van der Waals surface area contributed by atoms with Crippen LogP contribution in [0, 0.1) is 5.92 Å². The topological polar surface area (TPSA) is 47.9 Å². The molecule has 0 amide bonds. The number of aliphatic hydroxyl groups excluding tert-OH is 1. The Morgan fingerprint density at radius 1 is 1.05 bits per heavy atom. The fourth-order valence-electron chi connectivity index (χ4n) is 4.65. The van der Waals surface area contributed by atoms with E-state index in [2.05, 4.69) is 0 Å². The van der Waals surface area contributed by atoms with Crippen LogP contribution in [0.3, 0.4) is 0 Å².